The molecule has 0 bridgehead atoms. The van der Waals surface area contributed by atoms with E-state index in [9.17, 15) is 8.42 Å². The van der Waals surface area contributed by atoms with Crippen LogP contribution in [0.1, 0.15) is 12.8 Å². The SMILES string of the molecule is O=S(=O)(NCCCCO)c1cc(Cl)cc(Cl)c1. The van der Waals surface area contributed by atoms with Gasteiger partial charge < -0.3 is 5.11 Å². The molecule has 1 aromatic rings. The normalized spacial score (nSPS) is 11.7. The zero-order chi connectivity index (χ0) is 12.9. The van der Waals surface area contributed by atoms with E-state index in [2.05, 4.69) is 4.72 Å². The molecule has 0 aromatic heterocycles. The van der Waals surface area contributed by atoms with Crippen LogP contribution in [0, 0.1) is 0 Å². The predicted molar refractivity (Wildman–Crippen MR) is 68.0 cm³/mol. The van der Waals surface area contributed by atoms with Crippen molar-refractivity contribution >= 4 is 33.2 Å². The van der Waals surface area contributed by atoms with E-state index in [1.54, 1.807) is 0 Å². The van der Waals surface area contributed by atoms with Gasteiger partial charge in [0.1, 0.15) is 0 Å². The number of rotatable bonds is 6. The third-order valence-corrected chi connectivity index (χ3v) is 3.90. The highest BCUT2D eigenvalue weighted by atomic mass is 35.5. The Labute approximate surface area is 111 Å². The minimum Gasteiger partial charge on any atom is -0.396 e. The molecule has 0 saturated heterocycles. The molecule has 0 unspecified atom stereocenters. The molecule has 0 saturated carbocycles. The van der Waals surface area contributed by atoms with Crippen molar-refractivity contribution in [1.29, 1.82) is 0 Å². The van der Waals surface area contributed by atoms with Gasteiger partial charge in [-0.05, 0) is 31.0 Å². The summed E-state index contributed by atoms with van der Waals surface area (Å²) in [5.74, 6) is 0. The van der Waals surface area contributed by atoms with Gasteiger partial charge in [0.05, 0.1) is 4.90 Å². The van der Waals surface area contributed by atoms with Crippen molar-refractivity contribution in [1.82, 2.24) is 4.72 Å². The van der Waals surface area contributed by atoms with Crippen LogP contribution in [-0.4, -0.2) is 26.7 Å². The molecule has 0 radical (unpaired) electrons. The van der Waals surface area contributed by atoms with Gasteiger partial charge >= 0.3 is 0 Å². The molecule has 2 N–H and O–H groups in total. The molecular formula is C10H13Cl2NO3S. The van der Waals surface area contributed by atoms with Crippen molar-refractivity contribution in [2.24, 2.45) is 0 Å². The number of halogens is 2. The number of aliphatic hydroxyl groups excluding tert-OH is 1. The van der Waals surface area contributed by atoms with Crippen LogP contribution in [0.2, 0.25) is 10.0 Å². The first-order valence-electron chi connectivity index (χ1n) is 5.02. The molecule has 0 fully saturated rings. The minimum absolute atomic E-state index is 0.0407. The lowest BCUT2D eigenvalue weighted by Gasteiger charge is -2.07. The summed E-state index contributed by atoms with van der Waals surface area (Å²) in [5.41, 5.74) is 0. The highest BCUT2D eigenvalue weighted by molar-refractivity contribution is 7.89. The van der Waals surface area contributed by atoms with Crippen LogP contribution < -0.4 is 4.72 Å². The summed E-state index contributed by atoms with van der Waals surface area (Å²) in [6.45, 7) is 0.317. The molecular weight excluding hydrogens is 285 g/mol. The fraction of sp³-hybridized carbons (Fsp3) is 0.400. The molecule has 1 rings (SSSR count). The molecule has 1 aromatic carbocycles. The molecule has 0 aliphatic heterocycles. The summed E-state index contributed by atoms with van der Waals surface area (Å²) in [4.78, 5) is 0.0407. The third kappa shape index (κ3) is 4.81. The Hall–Kier alpha value is -0.330. The molecule has 0 aliphatic rings. The van der Waals surface area contributed by atoms with Crippen molar-refractivity contribution in [3.05, 3.63) is 28.2 Å². The lowest BCUT2D eigenvalue weighted by Crippen LogP contribution is -2.25. The highest BCUT2D eigenvalue weighted by Gasteiger charge is 2.14. The smallest absolute Gasteiger partial charge is 0.240 e. The fourth-order valence-electron chi connectivity index (χ4n) is 1.21. The van der Waals surface area contributed by atoms with Crippen LogP contribution in [0.15, 0.2) is 23.1 Å². The van der Waals surface area contributed by atoms with Crippen LogP contribution in [-0.2, 0) is 10.0 Å². The molecule has 0 amide bonds. The van der Waals surface area contributed by atoms with Crippen LogP contribution in [0.5, 0.6) is 0 Å². The lowest BCUT2D eigenvalue weighted by atomic mass is 10.3. The average Bonchev–Trinajstić information content (AvgIpc) is 2.23. The van der Waals surface area contributed by atoms with Crippen LogP contribution in [0.4, 0.5) is 0 Å². The maximum atomic E-state index is 11.8. The molecule has 4 nitrogen and oxygen atoms in total. The second-order valence-electron chi connectivity index (χ2n) is 3.43. The Bertz CT molecular complexity index is 456. The van der Waals surface area contributed by atoms with Gasteiger partial charge in [-0.1, -0.05) is 23.2 Å². The van der Waals surface area contributed by atoms with E-state index in [-0.39, 0.29) is 28.1 Å². The monoisotopic (exact) mass is 297 g/mol. The number of hydrogen-bond acceptors (Lipinski definition) is 3. The Morgan fingerprint density at radius 2 is 1.71 bits per heavy atom. The maximum absolute atomic E-state index is 11.8. The summed E-state index contributed by atoms with van der Waals surface area (Å²) in [5, 5.41) is 9.12. The van der Waals surface area contributed by atoms with E-state index >= 15 is 0 Å². The molecule has 96 valence electrons. The van der Waals surface area contributed by atoms with Crippen molar-refractivity contribution in [3.8, 4) is 0 Å². The summed E-state index contributed by atoms with van der Waals surface area (Å²) in [6, 6.07) is 4.14. The van der Waals surface area contributed by atoms with Crippen molar-refractivity contribution in [3.63, 3.8) is 0 Å². The number of unbranched alkanes of at least 4 members (excludes halogenated alkanes) is 1. The summed E-state index contributed by atoms with van der Waals surface area (Å²) >= 11 is 11.5. The molecule has 7 heteroatoms. The largest absolute Gasteiger partial charge is 0.396 e. The van der Waals surface area contributed by atoms with E-state index in [4.69, 9.17) is 28.3 Å². The van der Waals surface area contributed by atoms with Crippen molar-refractivity contribution in [2.45, 2.75) is 17.7 Å². The van der Waals surface area contributed by atoms with Crippen LogP contribution in [0.25, 0.3) is 0 Å². The number of aliphatic hydroxyl groups is 1. The van der Waals surface area contributed by atoms with Crippen molar-refractivity contribution in [2.75, 3.05) is 13.2 Å². The second-order valence-corrected chi connectivity index (χ2v) is 6.07. The van der Waals surface area contributed by atoms with Gasteiger partial charge in [0.25, 0.3) is 0 Å². The standard InChI is InChI=1S/C10H13Cl2NO3S/c11-8-5-9(12)7-10(6-8)17(15,16)13-3-1-2-4-14/h5-7,13-14H,1-4H2. The fourth-order valence-corrected chi connectivity index (χ4v) is 3.01. The Kier molecular flexibility index (Phi) is 5.69. The van der Waals surface area contributed by atoms with E-state index < -0.39 is 10.0 Å². The van der Waals surface area contributed by atoms with Crippen molar-refractivity contribution < 1.29 is 13.5 Å². The van der Waals surface area contributed by atoms with E-state index in [0.717, 1.165) is 0 Å². The first-order valence-corrected chi connectivity index (χ1v) is 7.26. The molecule has 0 heterocycles. The van der Waals surface area contributed by atoms with E-state index in [0.29, 0.717) is 12.8 Å². The number of sulfonamides is 1. The Morgan fingerprint density at radius 1 is 1.12 bits per heavy atom. The third-order valence-electron chi connectivity index (χ3n) is 2.02. The van der Waals surface area contributed by atoms with Gasteiger partial charge in [-0.25, -0.2) is 13.1 Å². The van der Waals surface area contributed by atoms with Gasteiger partial charge in [-0.3, -0.25) is 0 Å². The van der Waals surface area contributed by atoms with Crippen LogP contribution in [0.3, 0.4) is 0 Å². The Morgan fingerprint density at radius 3 is 2.24 bits per heavy atom. The maximum Gasteiger partial charge on any atom is 0.240 e. The topological polar surface area (TPSA) is 66.4 Å². The Balaban J connectivity index is 2.75. The van der Waals surface area contributed by atoms with E-state index in [1.165, 1.54) is 18.2 Å². The van der Waals surface area contributed by atoms with Gasteiger partial charge in [0.15, 0.2) is 0 Å². The zero-order valence-corrected chi connectivity index (χ0v) is 11.3. The predicted octanol–water partition coefficient (Wildman–Crippen LogP) is 2.04. The van der Waals surface area contributed by atoms with Crippen LogP contribution >= 0.6 is 23.2 Å². The first-order chi connectivity index (χ1) is 7.95. The van der Waals surface area contributed by atoms with Gasteiger partial charge in [-0.15, -0.1) is 0 Å². The molecule has 17 heavy (non-hydrogen) atoms. The number of hydrogen-bond donors (Lipinski definition) is 2. The average molecular weight is 298 g/mol. The zero-order valence-electron chi connectivity index (χ0n) is 8.99. The van der Waals surface area contributed by atoms with E-state index in [1.807, 2.05) is 0 Å². The number of nitrogens with one attached hydrogen (secondary N) is 1. The second kappa shape index (κ2) is 6.56. The lowest BCUT2D eigenvalue weighted by molar-refractivity contribution is 0.285. The molecule has 0 spiro atoms. The summed E-state index contributed by atoms with van der Waals surface area (Å²) in [7, 11) is -3.59. The van der Waals surface area contributed by atoms with Gasteiger partial charge in [0.2, 0.25) is 10.0 Å². The molecule has 0 atom stereocenters. The van der Waals surface area contributed by atoms with Gasteiger partial charge in [-0.2, -0.15) is 0 Å². The first kappa shape index (κ1) is 14.7. The number of benzene rings is 1. The summed E-state index contributed by atoms with van der Waals surface area (Å²) in [6.07, 6.45) is 1.13. The minimum atomic E-state index is -3.59. The quantitative estimate of drug-likeness (QED) is 0.790. The highest BCUT2D eigenvalue weighted by Crippen LogP contribution is 2.22. The summed E-state index contributed by atoms with van der Waals surface area (Å²) < 4.78 is 26.0. The van der Waals surface area contributed by atoms with Gasteiger partial charge in [0, 0.05) is 23.2 Å². The molecule has 0 aliphatic carbocycles.